The van der Waals surface area contributed by atoms with Crippen LogP contribution in [0.3, 0.4) is 0 Å². The molecule has 2 aliphatic carbocycles. The van der Waals surface area contributed by atoms with E-state index >= 15 is 0 Å². The Morgan fingerprint density at radius 2 is 1.82 bits per heavy atom. The van der Waals surface area contributed by atoms with Crippen LogP contribution in [0, 0.1) is 5.92 Å². The first-order chi connectivity index (χ1) is 27.1. The van der Waals surface area contributed by atoms with Crippen LogP contribution in [0.4, 0.5) is 20.4 Å². The maximum absolute atomic E-state index is 14.4. The Bertz CT molecular complexity index is 2010. The van der Waals surface area contributed by atoms with Gasteiger partial charge in [-0.05, 0) is 71.4 Å². The fraction of sp³-hybridized carbons (Fsp3) is 0.590. The lowest BCUT2D eigenvalue weighted by molar-refractivity contribution is -0.141. The van der Waals surface area contributed by atoms with Gasteiger partial charge in [-0.3, -0.25) is 19.1 Å². The second-order valence-corrected chi connectivity index (χ2v) is 19.6. The molecule has 1 aromatic heterocycles. The monoisotopic (exact) mass is 825 g/mol. The average Bonchev–Trinajstić information content (AvgIpc) is 4.04. The van der Waals surface area contributed by atoms with Gasteiger partial charge in [-0.1, -0.05) is 54.5 Å². The number of ether oxygens (including phenoxy) is 2. The van der Waals surface area contributed by atoms with Gasteiger partial charge in [0, 0.05) is 35.9 Å². The summed E-state index contributed by atoms with van der Waals surface area (Å²) in [5.74, 6) is -2.52. The number of sulfonamides is 1. The summed E-state index contributed by atoms with van der Waals surface area (Å²) >= 11 is 1.45. The van der Waals surface area contributed by atoms with Crippen LogP contribution in [0.25, 0.3) is 0 Å². The van der Waals surface area contributed by atoms with Crippen LogP contribution in [-0.2, 0) is 46.8 Å². The summed E-state index contributed by atoms with van der Waals surface area (Å²) in [6.07, 6.45) is 6.07. The third-order valence-corrected chi connectivity index (χ3v) is 13.6. The first-order valence-electron chi connectivity index (χ1n) is 19.7. The molecule has 16 nitrogen and oxygen atoms in total. The number of carbonyl (C=O) groups is 5. The fourth-order valence-electron chi connectivity index (χ4n) is 7.56. The molecule has 0 unspecified atom stereocenters. The van der Waals surface area contributed by atoms with E-state index in [1.54, 1.807) is 25.7 Å². The molecule has 0 radical (unpaired) electrons. The van der Waals surface area contributed by atoms with Gasteiger partial charge < -0.3 is 35.2 Å². The second-order valence-electron chi connectivity index (χ2n) is 16.5. The summed E-state index contributed by atoms with van der Waals surface area (Å²) in [4.78, 5) is 77.6. The molecule has 57 heavy (non-hydrogen) atoms. The lowest BCUT2D eigenvalue weighted by atomic mass is 10.0. The lowest BCUT2D eigenvalue weighted by Crippen LogP contribution is -2.58. The molecule has 4 heterocycles. The molecule has 5 atom stereocenters. The van der Waals surface area contributed by atoms with E-state index < -0.39 is 80.4 Å². The number of allylic oxidation sites excluding steroid dienone is 1. The maximum atomic E-state index is 14.4. The highest BCUT2D eigenvalue weighted by atomic mass is 32.2. The van der Waals surface area contributed by atoms with Crippen molar-refractivity contribution in [3.05, 3.63) is 53.1 Å². The van der Waals surface area contributed by atoms with E-state index in [-0.39, 0.29) is 32.4 Å². The number of hydrogen-bond acceptors (Lipinski definition) is 12. The Kier molecular flexibility index (Phi) is 11.6. The molecule has 3 fully saturated rings. The Morgan fingerprint density at radius 3 is 2.56 bits per heavy atom. The Hall–Kier alpha value is -4.71. The number of nitrogens with zero attached hydrogens (tertiary/aromatic N) is 3. The van der Waals surface area contributed by atoms with Crippen LogP contribution in [0.15, 0.2) is 42.5 Å². The van der Waals surface area contributed by atoms with Crippen molar-refractivity contribution in [1.29, 1.82) is 0 Å². The summed E-state index contributed by atoms with van der Waals surface area (Å²) in [6, 6.07) is 7.41. The zero-order valence-electron chi connectivity index (χ0n) is 32.5. The third kappa shape index (κ3) is 9.71. The number of carbonyl (C=O) groups excluding carboxylic acids is 5. The van der Waals surface area contributed by atoms with Crippen LogP contribution in [0.2, 0.25) is 0 Å². The summed E-state index contributed by atoms with van der Waals surface area (Å²) in [5.41, 5.74) is -0.571. The van der Waals surface area contributed by atoms with Gasteiger partial charge in [0.25, 0.3) is 5.91 Å². The molecule has 7 rings (SSSR count). The normalized spacial score (nSPS) is 27.3. The van der Waals surface area contributed by atoms with E-state index in [1.165, 1.54) is 16.2 Å². The molecule has 1 aromatic carbocycles. The summed E-state index contributed by atoms with van der Waals surface area (Å²) in [6.45, 7) is 5.63. The minimum Gasteiger partial charge on any atom is -0.444 e. The van der Waals surface area contributed by atoms with Crippen LogP contribution in [0.5, 0.6) is 0 Å². The van der Waals surface area contributed by atoms with Gasteiger partial charge in [0.05, 0.1) is 24.0 Å². The molecule has 0 bridgehead atoms. The molecule has 2 saturated carbocycles. The molecule has 5 amide bonds. The predicted molar refractivity (Wildman–Crippen MR) is 211 cm³/mol. The second kappa shape index (κ2) is 16.3. The number of hydrogen-bond donors (Lipinski definition) is 4. The van der Waals surface area contributed by atoms with Crippen molar-refractivity contribution in [2.75, 3.05) is 18.4 Å². The summed E-state index contributed by atoms with van der Waals surface area (Å²) < 4.78 is 39.3. The van der Waals surface area contributed by atoms with E-state index in [0.717, 1.165) is 29.1 Å². The van der Waals surface area contributed by atoms with Crippen molar-refractivity contribution in [3.63, 3.8) is 0 Å². The number of amides is 5. The number of anilines is 2. The zero-order chi connectivity index (χ0) is 40.5. The summed E-state index contributed by atoms with van der Waals surface area (Å²) in [5, 5.41) is 8.91. The van der Waals surface area contributed by atoms with Crippen molar-refractivity contribution in [2.24, 2.45) is 5.92 Å². The third-order valence-electron chi connectivity index (χ3n) is 10.8. The highest BCUT2D eigenvalue weighted by Crippen LogP contribution is 2.46. The number of rotatable bonds is 7. The number of nitrogens with one attached hydrogen (secondary N) is 4. The van der Waals surface area contributed by atoms with Crippen LogP contribution in [0.1, 0.15) is 89.1 Å². The van der Waals surface area contributed by atoms with E-state index in [4.69, 9.17) is 14.5 Å². The smallest absolute Gasteiger partial charge is 0.410 e. The molecule has 308 valence electrons. The van der Waals surface area contributed by atoms with Gasteiger partial charge in [0.2, 0.25) is 21.8 Å². The van der Waals surface area contributed by atoms with Gasteiger partial charge in [-0.25, -0.2) is 23.0 Å². The van der Waals surface area contributed by atoms with Gasteiger partial charge >= 0.3 is 12.2 Å². The van der Waals surface area contributed by atoms with Crippen LogP contribution < -0.4 is 20.7 Å². The Labute approximate surface area is 336 Å². The highest BCUT2D eigenvalue weighted by Gasteiger charge is 2.62. The number of alkyl carbamates (subject to hydrolysis) is 1. The van der Waals surface area contributed by atoms with Crippen molar-refractivity contribution in [1.82, 2.24) is 30.1 Å². The van der Waals surface area contributed by atoms with Crippen molar-refractivity contribution >= 4 is 62.1 Å². The Balaban J connectivity index is 1.10. The number of benzene rings is 1. The standard InChI is InChI=1S/C39H51N7O9S2/c1-38(2,3)55-36(50)42-29-15-11-6-4-5-8-12-24-21-39(24,34(49)44-57(52,53)27-16-17-27)43-32(47)30-20-26(22-46(30)33(29)48)54-37(51)45-19-18-28-31(23-45)56-35(41-28)40-25-13-9-7-10-14-25/h7-10,12-14,24,26-27,29-30H,4-6,11,15-23H2,1-3H3,(H,40,41)(H,42,50)(H,43,47)(H,44,49)/b12-8+/t24-,26-,29+,30+,39-/m1/s1. The molecule has 1 saturated heterocycles. The quantitative estimate of drug-likeness (QED) is 0.291. The molecule has 5 aliphatic rings. The summed E-state index contributed by atoms with van der Waals surface area (Å²) in [7, 11) is -3.91. The van der Waals surface area contributed by atoms with Gasteiger partial charge in [-0.15, -0.1) is 0 Å². The van der Waals surface area contributed by atoms with Crippen molar-refractivity contribution in [2.45, 2.75) is 126 Å². The molecule has 0 spiro atoms. The minimum absolute atomic E-state index is 0.0775. The van der Waals surface area contributed by atoms with Crippen molar-refractivity contribution < 1.29 is 41.9 Å². The average molecular weight is 826 g/mol. The van der Waals surface area contributed by atoms with Crippen molar-refractivity contribution in [3.8, 4) is 0 Å². The Morgan fingerprint density at radius 1 is 1.05 bits per heavy atom. The number of para-hydroxylation sites is 1. The van der Waals surface area contributed by atoms with Gasteiger partial charge in [0.1, 0.15) is 29.3 Å². The van der Waals surface area contributed by atoms with Gasteiger partial charge in [0.15, 0.2) is 5.13 Å². The largest absolute Gasteiger partial charge is 0.444 e. The number of aromatic nitrogens is 1. The maximum Gasteiger partial charge on any atom is 0.410 e. The molecular weight excluding hydrogens is 775 g/mol. The lowest BCUT2D eigenvalue weighted by Gasteiger charge is -2.30. The zero-order valence-corrected chi connectivity index (χ0v) is 34.1. The molecule has 2 aromatic rings. The number of thiazole rings is 1. The van der Waals surface area contributed by atoms with Gasteiger partial charge in [-0.2, -0.15) is 0 Å². The fourth-order valence-corrected chi connectivity index (χ4v) is 9.97. The molecular formula is C39H51N7O9S2. The first-order valence-corrected chi connectivity index (χ1v) is 22.1. The topological polar surface area (TPSA) is 205 Å². The van der Waals surface area contributed by atoms with E-state index in [9.17, 15) is 32.4 Å². The molecule has 3 aliphatic heterocycles. The van der Waals surface area contributed by atoms with Crippen LogP contribution >= 0.6 is 11.3 Å². The minimum atomic E-state index is -3.91. The van der Waals surface area contributed by atoms with Crippen LogP contribution in [-0.4, -0.2) is 101 Å². The molecule has 4 N–H and O–H groups in total. The highest BCUT2D eigenvalue weighted by molar-refractivity contribution is 7.91. The number of fused-ring (bicyclic) bond motifs is 3. The first kappa shape index (κ1) is 40.5. The SMILES string of the molecule is CC(C)(C)OC(=O)N[C@H]1CCCCC/C=C/[C@@H]2C[C@@]2(C(=O)NS(=O)(=O)C2CC2)NC(=O)[C@@H]2C[C@@H](OC(=O)N3CCc4nc(Nc5ccccc5)sc4C3)CN2C1=O. The van der Waals surface area contributed by atoms with E-state index in [0.29, 0.717) is 43.8 Å². The van der Waals surface area contributed by atoms with E-state index in [1.807, 2.05) is 42.5 Å². The van der Waals surface area contributed by atoms with E-state index in [2.05, 4.69) is 20.7 Å². The predicted octanol–water partition coefficient (Wildman–Crippen LogP) is 4.25. The molecule has 18 heteroatoms.